The molecule has 4 N–H and O–H groups in total. The first kappa shape index (κ1) is 23.0. The topological polar surface area (TPSA) is 119 Å². The van der Waals surface area contributed by atoms with Crippen LogP contribution in [0.15, 0.2) is 18.5 Å². The van der Waals surface area contributed by atoms with E-state index < -0.39 is 17.6 Å². The number of rotatable bonds is 5. The Morgan fingerprint density at radius 2 is 1.97 bits per heavy atom. The predicted molar refractivity (Wildman–Crippen MR) is 115 cm³/mol. The Balaban J connectivity index is 1.52. The molecule has 0 spiro atoms. The van der Waals surface area contributed by atoms with E-state index >= 15 is 0 Å². The number of nitriles is 1. The number of alkyl halides is 3. The van der Waals surface area contributed by atoms with Gasteiger partial charge < -0.3 is 20.9 Å². The lowest BCUT2D eigenvalue weighted by Crippen LogP contribution is -2.38. The van der Waals surface area contributed by atoms with Crippen molar-refractivity contribution < 1.29 is 18.0 Å². The molecule has 4 rings (SSSR count). The zero-order valence-electron chi connectivity index (χ0n) is 18.0. The minimum atomic E-state index is -4.64. The van der Waals surface area contributed by atoms with Gasteiger partial charge in [-0.3, -0.25) is 4.79 Å². The van der Waals surface area contributed by atoms with E-state index in [1.807, 2.05) is 0 Å². The largest absolute Gasteiger partial charge is 0.419 e. The average Bonchev–Trinajstić information content (AvgIpc) is 3.30. The first-order valence-corrected chi connectivity index (χ1v) is 11.1. The van der Waals surface area contributed by atoms with Crippen LogP contribution in [0.3, 0.4) is 0 Å². The molecule has 2 fully saturated rings. The highest BCUT2D eigenvalue weighted by Crippen LogP contribution is 2.36. The van der Waals surface area contributed by atoms with Crippen LogP contribution >= 0.6 is 0 Å². The van der Waals surface area contributed by atoms with E-state index in [-0.39, 0.29) is 40.9 Å². The van der Waals surface area contributed by atoms with Crippen molar-refractivity contribution in [2.24, 2.45) is 5.92 Å². The van der Waals surface area contributed by atoms with E-state index in [4.69, 9.17) is 5.26 Å². The number of carbonyl (C=O) groups excluding carboxylic acids is 1. The zero-order chi connectivity index (χ0) is 23.4. The van der Waals surface area contributed by atoms with Crippen LogP contribution in [0.2, 0.25) is 0 Å². The van der Waals surface area contributed by atoms with Crippen molar-refractivity contribution in [2.45, 2.75) is 56.8 Å². The highest BCUT2D eigenvalue weighted by atomic mass is 19.4. The second-order valence-corrected chi connectivity index (χ2v) is 8.59. The predicted octanol–water partition coefficient (Wildman–Crippen LogP) is 3.47. The van der Waals surface area contributed by atoms with Gasteiger partial charge in [0.15, 0.2) is 0 Å². The van der Waals surface area contributed by atoms with Crippen molar-refractivity contribution >= 4 is 11.9 Å². The summed E-state index contributed by atoms with van der Waals surface area (Å²) < 4.78 is 40.9. The molecule has 1 amide bonds. The van der Waals surface area contributed by atoms with E-state index in [2.05, 4.69) is 37.0 Å². The number of piperidine rings is 1. The monoisotopic (exact) mass is 461 g/mol. The Morgan fingerprint density at radius 3 is 2.64 bits per heavy atom. The number of amides is 1. The summed E-state index contributed by atoms with van der Waals surface area (Å²) >= 11 is 0. The number of aromatic nitrogens is 3. The normalized spacial score (nSPS) is 23.5. The maximum atomic E-state index is 13.6. The van der Waals surface area contributed by atoms with E-state index in [0.717, 1.165) is 38.4 Å². The number of halogens is 3. The van der Waals surface area contributed by atoms with Crippen LogP contribution in [0.1, 0.15) is 54.6 Å². The third kappa shape index (κ3) is 5.63. The van der Waals surface area contributed by atoms with Gasteiger partial charge in [0.05, 0.1) is 11.8 Å². The second-order valence-electron chi connectivity index (χ2n) is 8.59. The lowest BCUT2D eigenvalue weighted by molar-refractivity contribution is -0.137. The van der Waals surface area contributed by atoms with E-state index in [1.165, 1.54) is 12.3 Å². The van der Waals surface area contributed by atoms with Crippen molar-refractivity contribution in [1.82, 2.24) is 25.6 Å². The van der Waals surface area contributed by atoms with E-state index in [9.17, 15) is 18.0 Å². The summed E-state index contributed by atoms with van der Waals surface area (Å²) in [6, 6.07) is 3.60. The molecule has 3 heterocycles. The van der Waals surface area contributed by atoms with E-state index in [0.29, 0.717) is 19.4 Å². The minimum absolute atomic E-state index is 0.0148. The van der Waals surface area contributed by atoms with Crippen LogP contribution in [-0.2, 0) is 6.18 Å². The quantitative estimate of drug-likeness (QED) is 0.542. The average molecular weight is 461 g/mol. The Kier molecular flexibility index (Phi) is 6.83. The molecule has 0 unspecified atom stereocenters. The van der Waals surface area contributed by atoms with Crippen molar-refractivity contribution in [2.75, 3.05) is 18.4 Å². The van der Waals surface area contributed by atoms with Crippen molar-refractivity contribution in [3.8, 4) is 17.3 Å². The van der Waals surface area contributed by atoms with Gasteiger partial charge in [-0.2, -0.15) is 18.4 Å². The zero-order valence-corrected chi connectivity index (χ0v) is 18.0. The summed E-state index contributed by atoms with van der Waals surface area (Å²) in [5.41, 5.74) is -0.929. The highest BCUT2D eigenvalue weighted by molar-refractivity contribution is 5.94. The number of hydrogen-bond acceptors (Lipinski definition) is 6. The number of anilines is 1. The summed E-state index contributed by atoms with van der Waals surface area (Å²) in [5, 5.41) is 18.2. The molecule has 2 aromatic rings. The van der Waals surface area contributed by atoms with Gasteiger partial charge in [0, 0.05) is 42.5 Å². The first-order chi connectivity index (χ1) is 15.8. The molecule has 2 aliphatic rings. The Morgan fingerprint density at radius 1 is 1.18 bits per heavy atom. The Labute approximate surface area is 189 Å². The number of nitrogens with one attached hydrogen (secondary N) is 4. The first-order valence-electron chi connectivity index (χ1n) is 11.1. The molecule has 176 valence electrons. The SMILES string of the molecule is N#CC1CCC(NC(=O)c2cc(-c3nc(N[C@H]4CCCNC4)ncc3C(F)(F)F)c[nH]2)CC1. The lowest BCUT2D eigenvalue weighted by Gasteiger charge is -2.25. The van der Waals surface area contributed by atoms with Gasteiger partial charge >= 0.3 is 6.18 Å². The van der Waals surface area contributed by atoms with Gasteiger partial charge in [0.2, 0.25) is 5.95 Å². The van der Waals surface area contributed by atoms with Crippen LogP contribution in [0.25, 0.3) is 11.3 Å². The number of nitrogens with zero attached hydrogens (tertiary/aromatic N) is 3. The van der Waals surface area contributed by atoms with Crippen molar-refractivity contribution in [1.29, 1.82) is 5.26 Å². The molecule has 8 nitrogen and oxygen atoms in total. The maximum Gasteiger partial charge on any atom is 0.419 e. The van der Waals surface area contributed by atoms with Crippen molar-refractivity contribution in [3.63, 3.8) is 0 Å². The molecule has 33 heavy (non-hydrogen) atoms. The summed E-state index contributed by atoms with van der Waals surface area (Å²) in [7, 11) is 0. The summed E-state index contributed by atoms with van der Waals surface area (Å²) in [6.45, 7) is 1.59. The molecule has 0 radical (unpaired) electrons. The molecule has 2 aromatic heterocycles. The molecule has 11 heteroatoms. The highest BCUT2D eigenvalue weighted by Gasteiger charge is 2.36. The van der Waals surface area contributed by atoms with Crippen LogP contribution in [0, 0.1) is 17.2 Å². The molecule has 1 saturated carbocycles. The van der Waals surface area contributed by atoms with Gasteiger partial charge in [-0.15, -0.1) is 0 Å². The molecule has 1 aliphatic carbocycles. The Hall–Kier alpha value is -3.13. The summed E-state index contributed by atoms with van der Waals surface area (Å²) in [6.07, 6.45) is 2.17. The standard InChI is InChI=1S/C22H26F3N7O/c23-22(24,25)17-12-29-21(31-16-2-1-7-27-11-16)32-19(17)14-8-18(28-10-14)20(33)30-15-5-3-13(9-26)4-6-15/h8,10,12-13,15-16,27-28H,1-7,11H2,(H,30,33)(H,29,31,32)/t13?,15?,16-/m0/s1. The fourth-order valence-corrected chi connectivity index (χ4v) is 4.33. The van der Waals surface area contributed by atoms with Crippen LogP contribution in [0.4, 0.5) is 19.1 Å². The smallest absolute Gasteiger partial charge is 0.357 e. The van der Waals surface area contributed by atoms with E-state index in [1.54, 1.807) is 0 Å². The second kappa shape index (κ2) is 9.79. The van der Waals surface area contributed by atoms with Crippen LogP contribution < -0.4 is 16.0 Å². The minimum Gasteiger partial charge on any atom is -0.357 e. The summed E-state index contributed by atoms with van der Waals surface area (Å²) in [5.74, 6) is -0.259. The van der Waals surface area contributed by atoms with Crippen molar-refractivity contribution in [3.05, 3.63) is 29.7 Å². The number of H-pyrrole nitrogens is 1. The number of aromatic amines is 1. The van der Waals surface area contributed by atoms with Crippen LogP contribution in [0.5, 0.6) is 0 Å². The molecular weight excluding hydrogens is 435 g/mol. The van der Waals surface area contributed by atoms with Gasteiger partial charge in [-0.1, -0.05) is 0 Å². The molecular formula is C22H26F3N7O. The third-order valence-electron chi connectivity index (χ3n) is 6.17. The number of carbonyl (C=O) groups is 1. The van der Waals surface area contributed by atoms with Gasteiger partial charge in [-0.05, 0) is 51.1 Å². The van der Waals surface area contributed by atoms with Crippen LogP contribution in [-0.4, -0.2) is 46.0 Å². The van der Waals surface area contributed by atoms with Gasteiger partial charge in [0.1, 0.15) is 11.3 Å². The lowest BCUT2D eigenvalue weighted by atomic mass is 9.87. The molecule has 1 saturated heterocycles. The maximum absolute atomic E-state index is 13.6. The Bertz CT molecular complexity index is 1020. The fourth-order valence-electron chi connectivity index (χ4n) is 4.33. The fraction of sp³-hybridized carbons (Fsp3) is 0.545. The summed E-state index contributed by atoms with van der Waals surface area (Å²) in [4.78, 5) is 23.4. The number of hydrogen-bond donors (Lipinski definition) is 4. The molecule has 0 bridgehead atoms. The van der Waals surface area contributed by atoms with Gasteiger partial charge in [-0.25, -0.2) is 9.97 Å². The molecule has 1 atom stereocenters. The molecule has 1 aliphatic heterocycles. The van der Waals surface area contributed by atoms with Gasteiger partial charge in [0.25, 0.3) is 5.91 Å². The third-order valence-corrected chi connectivity index (χ3v) is 6.17. The molecule has 0 aromatic carbocycles.